The van der Waals surface area contributed by atoms with Crippen LogP contribution in [0.1, 0.15) is 46.2 Å². The predicted molar refractivity (Wildman–Crippen MR) is 152 cm³/mol. The topological polar surface area (TPSA) is 85.4 Å². The van der Waals surface area contributed by atoms with Crippen molar-refractivity contribution in [3.05, 3.63) is 88.2 Å². The summed E-state index contributed by atoms with van der Waals surface area (Å²) in [6.45, 7) is -0.749. The van der Waals surface area contributed by atoms with Crippen molar-refractivity contribution in [2.45, 2.75) is 38.5 Å². The molecule has 0 saturated carbocycles. The van der Waals surface area contributed by atoms with E-state index in [4.69, 9.17) is 16.6 Å². The number of nitrogens with zero attached hydrogens (tertiary/aromatic N) is 5. The number of halogens is 4. The van der Waals surface area contributed by atoms with Crippen LogP contribution in [0, 0.1) is 5.82 Å². The van der Waals surface area contributed by atoms with Crippen molar-refractivity contribution < 1.29 is 27.8 Å². The van der Waals surface area contributed by atoms with Crippen LogP contribution in [0.15, 0.2) is 54.7 Å². The van der Waals surface area contributed by atoms with Gasteiger partial charge in [-0.3, -0.25) is 4.90 Å². The van der Waals surface area contributed by atoms with Crippen molar-refractivity contribution in [3.8, 4) is 5.75 Å². The van der Waals surface area contributed by atoms with E-state index < -0.39 is 12.6 Å². The van der Waals surface area contributed by atoms with Crippen LogP contribution in [-0.2, 0) is 20.1 Å². The first-order valence-corrected chi connectivity index (χ1v) is 13.8. The summed E-state index contributed by atoms with van der Waals surface area (Å²) in [4.78, 5) is 23.3. The number of benzene rings is 2. The summed E-state index contributed by atoms with van der Waals surface area (Å²) >= 11 is 5.90. The maximum atomic E-state index is 14.4. The zero-order valence-corrected chi connectivity index (χ0v) is 23.4. The van der Waals surface area contributed by atoms with Crippen molar-refractivity contribution in [2.75, 3.05) is 13.1 Å². The zero-order valence-electron chi connectivity index (χ0n) is 22.6. The summed E-state index contributed by atoms with van der Waals surface area (Å²) in [5.74, 6) is -0.987. The molecule has 6 rings (SSSR count). The molecule has 8 nitrogen and oxygen atoms in total. The van der Waals surface area contributed by atoms with E-state index in [1.807, 2.05) is 29.0 Å². The van der Waals surface area contributed by atoms with E-state index in [0.717, 1.165) is 48.7 Å². The molecule has 0 atom stereocenters. The summed E-state index contributed by atoms with van der Waals surface area (Å²) in [5, 5.41) is 10.8. The molecule has 1 N–H and O–H groups in total. The maximum absolute atomic E-state index is 14.4. The SMILES string of the molecule is Cn1c(CN2CCC(c3ccc4ccn(Cc5ccc(Cl)cc5F)c4n3)CC2)nc2c(OC(F)F)cc(C(=O)O)cc21. The van der Waals surface area contributed by atoms with Gasteiger partial charge < -0.3 is 19.0 Å². The Morgan fingerprint density at radius 3 is 2.60 bits per heavy atom. The normalized spacial score (nSPS) is 14.8. The molecular weight excluding hydrogens is 571 g/mol. The van der Waals surface area contributed by atoms with Crippen LogP contribution in [-0.4, -0.2) is 54.8 Å². The third-order valence-corrected chi connectivity index (χ3v) is 8.10. The van der Waals surface area contributed by atoms with Crippen molar-refractivity contribution in [1.82, 2.24) is 24.0 Å². The number of aromatic carboxylic acids is 1. The van der Waals surface area contributed by atoms with Crippen LogP contribution in [0.4, 0.5) is 13.2 Å². The van der Waals surface area contributed by atoms with Crippen LogP contribution >= 0.6 is 11.6 Å². The summed E-state index contributed by atoms with van der Waals surface area (Å²) < 4.78 is 48.7. The molecule has 0 unspecified atom stereocenters. The van der Waals surface area contributed by atoms with E-state index in [1.165, 1.54) is 12.1 Å². The van der Waals surface area contributed by atoms with E-state index >= 15 is 0 Å². The number of carbonyl (C=O) groups is 1. The summed E-state index contributed by atoms with van der Waals surface area (Å²) in [6, 6.07) is 13.2. The van der Waals surface area contributed by atoms with Crippen LogP contribution in [0.5, 0.6) is 5.75 Å². The highest BCUT2D eigenvalue weighted by Gasteiger charge is 2.25. The highest BCUT2D eigenvalue weighted by molar-refractivity contribution is 6.30. The fourth-order valence-corrected chi connectivity index (χ4v) is 5.76. The van der Waals surface area contributed by atoms with Gasteiger partial charge in [-0.15, -0.1) is 0 Å². The smallest absolute Gasteiger partial charge is 0.387 e. The minimum absolute atomic E-state index is 0.151. The number of carboxylic acids is 1. The van der Waals surface area contributed by atoms with Crippen LogP contribution in [0.25, 0.3) is 22.1 Å². The quantitative estimate of drug-likeness (QED) is 0.221. The van der Waals surface area contributed by atoms with E-state index in [-0.39, 0.29) is 28.6 Å². The van der Waals surface area contributed by atoms with Gasteiger partial charge in [-0.25, -0.2) is 19.2 Å². The molecule has 1 aliphatic heterocycles. The third kappa shape index (κ3) is 5.54. The second-order valence-corrected chi connectivity index (χ2v) is 10.9. The maximum Gasteiger partial charge on any atom is 0.387 e. The molecule has 42 heavy (non-hydrogen) atoms. The van der Waals surface area contributed by atoms with Gasteiger partial charge in [-0.05, 0) is 68.4 Å². The van der Waals surface area contributed by atoms with Gasteiger partial charge in [0.1, 0.15) is 22.8 Å². The van der Waals surface area contributed by atoms with Gasteiger partial charge in [0.05, 0.1) is 24.2 Å². The minimum Gasteiger partial charge on any atom is -0.478 e. The van der Waals surface area contributed by atoms with Gasteiger partial charge >= 0.3 is 12.6 Å². The minimum atomic E-state index is -3.10. The molecule has 0 spiro atoms. The molecule has 3 aromatic heterocycles. The number of piperidine rings is 1. The molecule has 12 heteroatoms. The van der Waals surface area contributed by atoms with Gasteiger partial charge in [0.2, 0.25) is 0 Å². The van der Waals surface area contributed by atoms with Gasteiger partial charge in [-0.1, -0.05) is 17.7 Å². The number of rotatable bonds is 8. The Kier molecular flexibility index (Phi) is 7.54. The largest absolute Gasteiger partial charge is 0.478 e. The Balaban J connectivity index is 1.17. The third-order valence-electron chi connectivity index (χ3n) is 7.87. The molecule has 1 saturated heterocycles. The number of ether oxygens (including phenoxy) is 1. The number of fused-ring (bicyclic) bond motifs is 2. The molecule has 218 valence electrons. The highest BCUT2D eigenvalue weighted by atomic mass is 35.5. The number of hydrogen-bond donors (Lipinski definition) is 1. The standard InChI is InChI=1S/C30H27ClF3N5O3/c1-37-24-12-20(29(40)41)13-25(42-30(33)34)27(24)36-26(37)16-38-9-6-17(7-10-38)23-5-3-18-8-11-39(28(18)35-23)15-19-2-4-21(31)14-22(19)32/h2-5,8,11-14,17,30H,6-7,9-10,15-16H2,1H3,(H,40,41). The zero-order chi connectivity index (χ0) is 29.5. The molecule has 0 aliphatic carbocycles. The highest BCUT2D eigenvalue weighted by Crippen LogP contribution is 2.32. The number of carboxylic acid groups (broad SMARTS) is 1. The molecule has 0 amide bonds. The predicted octanol–water partition coefficient (Wildman–Crippen LogP) is 6.44. The van der Waals surface area contributed by atoms with Gasteiger partial charge in [0.15, 0.2) is 5.75 Å². The molecule has 1 fully saturated rings. The summed E-state index contributed by atoms with van der Waals surface area (Å²) in [5.41, 5.74) is 2.78. The molecule has 5 aromatic rings. The fourth-order valence-electron chi connectivity index (χ4n) is 5.61. The first-order valence-electron chi connectivity index (χ1n) is 13.5. The second kappa shape index (κ2) is 11.3. The lowest BCUT2D eigenvalue weighted by atomic mass is 9.93. The van der Waals surface area contributed by atoms with Gasteiger partial charge in [0, 0.05) is 40.8 Å². The Labute approximate surface area is 243 Å². The molecule has 0 radical (unpaired) electrons. The number of hydrogen-bond acceptors (Lipinski definition) is 5. The average molecular weight is 598 g/mol. The Hall–Kier alpha value is -4.09. The molecule has 0 bridgehead atoms. The Morgan fingerprint density at radius 1 is 1.10 bits per heavy atom. The Bertz CT molecular complexity index is 1800. The van der Waals surface area contributed by atoms with E-state index in [9.17, 15) is 23.1 Å². The number of pyridine rings is 1. The van der Waals surface area contributed by atoms with E-state index in [2.05, 4.69) is 14.6 Å². The lowest BCUT2D eigenvalue weighted by Gasteiger charge is -2.31. The number of likely N-dealkylation sites (tertiary alicyclic amines) is 1. The first-order chi connectivity index (χ1) is 20.2. The number of aryl methyl sites for hydroxylation is 1. The second-order valence-electron chi connectivity index (χ2n) is 10.5. The average Bonchev–Trinajstić information content (AvgIpc) is 3.50. The van der Waals surface area contributed by atoms with Crippen molar-refractivity contribution in [2.24, 2.45) is 7.05 Å². The van der Waals surface area contributed by atoms with E-state index in [1.54, 1.807) is 23.7 Å². The lowest BCUT2D eigenvalue weighted by Crippen LogP contribution is -2.33. The van der Waals surface area contributed by atoms with Crippen molar-refractivity contribution >= 4 is 39.6 Å². The summed E-state index contributed by atoms with van der Waals surface area (Å²) in [6.07, 6.45) is 3.63. The van der Waals surface area contributed by atoms with Gasteiger partial charge in [-0.2, -0.15) is 8.78 Å². The van der Waals surface area contributed by atoms with Crippen molar-refractivity contribution in [3.63, 3.8) is 0 Å². The Morgan fingerprint density at radius 2 is 1.88 bits per heavy atom. The number of aromatic nitrogens is 4. The first kappa shape index (κ1) is 28.0. The van der Waals surface area contributed by atoms with Gasteiger partial charge in [0.25, 0.3) is 0 Å². The van der Waals surface area contributed by atoms with Crippen LogP contribution in [0.2, 0.25) is 5.02 Å². The summed E-state index contributed by atoms with van der Waals surface area (Å²) in [7, 11) is 1.74. The molecule has 2 aromatic carbocycles. The number of imidazole rings is 1. The molecule has 4 heterocycles. The molecular formula is C30H27ClF3N5O3. The fraction of sp³-hybridized carbons (Fsp3) is 0.300. The van der Waals surface area contributed by atoms with Crippen LogP contribution < -0.4 is 4.74 Å². The number of alkyl halides is 2. The monoisotopic (exact) mass is 597 g/mol. The van der Waals surface area contributed by atoms with Crippen LogP contribution in [0.3, 0.4) is 0 Å². The van der Waals surface area contributed by atoms with E-state index in [0.29, 0.717) is 35.0 Å². The van der Waals surface area contributed by atoms with Crippen molar-refractivity contribution in [1.29, 1.82) is 0 Å². The molecule has 1 aliphatic rings. The lowest BCUT2D eigenvalue weighted by molar-refractivity contribution is -0.0489.